The van der Waals surface area contributed by atoms with Gasteiger partial charge in [0.2, 0.25) is 11.8 Å². The molecule has 5 nitrogen and oxygen atoms in total. The molecule has 5 heteroatoms. The molecule has 2 aromatic rings. The van der Waals surface area contributed by atoms with Crippen LogP contribution in [0.1, 0.15) is 43.1 Å². The van der Waals surface area contributed by atoms with Crippen LogP contribution in [0, 0.1) is 19.8 Å². The van der Waals surface area contributed by atoms with Crippen LogP contribution >= 0.6 is 0 Å². The van der Waals surface area contributed by atoms with Crippen molar-refractivity contribution in [1.29, 1.82) is 0 Å². The minimum Gasteiger partial charge on any atom is -0.337 e. The van der Waals surface area contributed by atoms with Crippen molar-refractivity contribution in [1.82, 2.24) is 14.5 Å². The number of hydrogen-bond acceptors (Lipinski definition) is 3. The number of aryl methyl sites for hydroxylation is 2. The number of fused-ring (bicyclic) bond motifs is 1. The summed E-state index contributed by atoms with van der Waals surface area (Å²) in [5.41, 5.74) is 3.67. The number of hydrogen-bond donors (Lipinski definition) is 0. The van der Waals surface area contributed by atoms with Crippen molar-refractivity contribution in [3.05, 3.63) is 29.6 Å². The van der Waals surface area contributed by atoms with E-state index in [1.54, 1.807) is 15.8 Å². The molecule has 0 spiro atoms. The van der Waals surface area contributed by atoms with Crippen LogP contribution in [-0.2, 0) is 4.79 Å². The second-order valence-electron chi connectivity index (χ2n) is 7.45. The van der Waals surface area contributed by atoms with Crippen molar-refractivity contribution in [2.24, 2.45) is 5.92 Å². The van der Waals surface area contributed by atoms with Gasteiger partial charge in [-0.2, -0.15) is 0 Å². The lowest BCUT2D eigenvalue weighted by atomic mass is 10.1. The fourth-order valence-corrected chi connectivity index (χ4v) is 3.16. The van der Waals surface area contributed by atoms with Crippen LogP contribution in [0.2, 0.25) is 0 Å². The number of aromatic nitrogens is 2. The van der Waals surface area contributed by atoms with E-state index in [9.17, 15) is 9.59 Å². The number of carbonyl (C=O) groups is 2. The first-order chi connectivity index (χ1) is 10.7. The average molecular weight is 313 g/mol. The van der Waals surface area contributed by atoms with E-state index in [1.807, 2.05) is 46.8 Å². The lowest BCUT2D eigenvalue weighted by molar-refractivity contribution is -0.131. The number of carbonyl (C=O) groups excluding carboxylic acids is 2. The lowest BCUT2D eigenvalue weighted by Gasteiger charge is -2.31. The van der Waals surface area contributed by atoms with Gasteiger partial charge in [-0.25, -0.2) is 4.98 Å². The first kappa shape index (κ1) is 15.7. The van der Waals surface area contributed by atoms with E-state index in [0.717, 1.165) is 22.2 Å². The third kappa shape index (κ3) is 2.64. The van der Waals surface area contributed by atoms with Gasteiger partial charge >= 0.3 is 0 Å². The van der Waals surface area contributed by atoms with Gasteiger partial charge in [-0.3, -0.25) is 14.2 Å². The van der Waals surface area contributed by atoms with Gasteiger partial charge in [-0.1, -0.05) is 0 Å². The molecule has 1 aromatic carbocycles. The molecule has 1 saturated heterocycles. The molecule has 1 aliphatic rings. The topological polar surface area (TPSA) is 55.2 Å². The molecule has 2 heterocycles. The zero-order valence-corrected chi connectivity index (χ0v) is 14.4. The third-order valence-corrected chi connectivity index (χ3v) is 4.68. The summed E-state index contributed by atoms with van der Waals surface area (Å²) in [5, 5.41) is 0. The molecule has 23 heavy (non-hydrogen) atoms. The van der Waals surface area contributed by atoms with Crippen LogP contribution in [0.4, 0.5) is 0 Å². The Labute approximate surface area is 136 Å². The minimum atomic E-state index is -0.305. The van der Waals surface area contributed by atoms with Gasteiger partial charge in [0, 0.05) is 18.5 Å². The van der Waals surface area contributed by atoms with Crippen LogP contribution in [0.15, 0.2) is 18.5 Å². The molecular formula is C18H23N3O2. The predicted molar refractivity (Wildman–Crippen MR) is 89.4 cm³/mol. The molecule has 1 aromatic heterocycles. The van der Waals surface area contributed by atoms with Crippen LogP contribution < -0.4 is 0 Å². The zero-order chi connectivity index (χ0) is 16.9. The Morgan fingerprint density at radius 2 is 1.87 bits per heavy atom. The summed E-state index contributed by atoms with van der Waals surface area (Å²) < 4.78 is 1.60. The van der Waals surface area contributed by atoms with Crippen molar-refractivity contribution in [2.75, 3.05) is 6.54 Å². The summed E-state index contributed by atoms with van der Waals surface area (Å²) in [6, 6.07) is 3.99. The minimum absolute atomic E-state index is 0.0455. The molecular weight excluding hydrogens is 290 g/mol. The standard InChI is InChI=1S/C18H23N3O2/c1-11-6-14-15(7-12(11)2)20(10-19-14)17(23)13-8-16(22)21(9-13)18(3,4)5/h6-7,10,13H,8-9H2,1-5H3. The first-order valence-corrected chi connectivity index (χ1v) is 7.97. The molecule has 122 valence electrons. The lowest BCUT2D eigenvalue weighted by Crippen LogP contribution is -2.42. The second-order valence-corrected chi connectivity index (χ2v) is 7.45. The Morgan fingerprint density at radius 1 is 1.22 bits per heavy atom. The average Bonchev–Trinajstić information content (AvgIpc) is 3.02. The quantitative estimate of drug-likeness (QED) is 0.813. The highest BCUT2D eigenvalue weighted by molar-refractivity contribution is 5.96. The molecule has 1 atom stereocenters. The SMILES string of the molecule is Cc1cc2ncn(C(=O)C3CC(=O)N(C(C)(C)C)C3)c2cc1C. The van der Waals surface area contributed by atoms with Gasteiger partial charge in [0.05, 0.1) is 17.0 Å². The van der Waals surface area contributed by atoms with E-state index in [2.05, 4.69) is 4.98 Å². The van der Waals surface area contributed by atoms with Gasteiger partial charge < -0.3 is 4.90 Å². The monoisotopic (exact) mass is 313 g/mol. The summed E-state index contributed by atoms with van der Waals surface area (Å²) >= 11 is 0. The Balaban J connectivity index is 1.93. The maximum atomic E-state index is 12.9. The summed E-state index contributed by atoms with van der Waals surface area (Å²) in [6.45, 7) is 10.5. The van der Waals surface area contributed by atoms with Gasteiger partial charge in [0.25, 0.3) is 0 Å². The summed E-state index contributed by atoms with van der Waals surface area (Å²) in [5.74, 6) is -0.302. The maximum Gasteiger partial charge on any atom is 0.237 e. The van der Waals surface area contributed by atoms with Gasteiger partial charge in [0.15, 0.2) is 0 Å². The summed E-state index contributed by atoms with van der Waals surface area (Å²) in [4.78, 5) is 31.2. The van der Waals surface area contributed by atoms with E-state index < -0.39 is 0 Å². The van der Waals surface area contributed by atoms with E-state index in [0.29, 0.717) is 6.54 Å². The molecule has 0 N–H and O–H groups in total. The molecule has 3 rings (SSSR count). The Bertz CT molecular complexity index is 798. The number of imidazole rings is 1. The van der Waals surface area contributed by atoms with Crippen LogP contribution in [0.25, 0.3) is 11.0 Å². The molecule has 0 aliphatic carbocycles. The molecule has 0 saturated carbocycles. The highest BCUT2D eigenvalue weighted by atomic mass is 16.2. The Kier molecular flexibility index (Phi) is 3.54. The highest BCUT2D eigenvalue weighted by Gasteiger charge is 2.40. The van der Waals surface area contributed by atoms with Crippen molar-refractivity contribution < 1.29 is 9.59 Å². The molecule has 0 radical (unpaired) electrons. The van der Waals surface area contributed by atoms with E-state index in [1.165, 1.54) is 0 Å². The Morgan fingerprint density at radius 3 is 2.48 bits per heavy atom. The smallest absolute Gasteiger partial charge is 0.237 e. The highest BCUT2D eigenvalue weighted by Crippen LogP contribution is 2.28. The summed E-state index contributed by atoms with van der Waals surface area (Å²) in [6.07, 6.45) is 1.86. The fourth-order valence-electron chi connectivity index (χ4n) is 3.16. The van der Waals surface area contributed by atoms with Crippen LogP contribution in [-0.4, -0.2) is 38.3 Å². The van der Waals surface area contributed by atoms with Crippen LogP contribution in [0.3, 0.4) is 0 Å². The van der Waals surface area contributed by atoms with Crippen molar-refractivity contribution >= 4 is 22.8 Å². The van der Waals surface area contributed by atoms with Crippen LogP contribution in [0.5, 0.6) is 0 Å². The van der Waals surface area contributed by atoms with Gasteiger partial charge in [0.1, 0.15) is 6.33 Å². The molecule has 1 fully saturated rings. The van der Waals surface area contributed by atoms with Gasteiger partial charge in [-0.15, -0.1) is 0 Å². The molecule has 0 bridgehead atoms. The number of rotatable bonds is 1. The number of benzene rings is 1. The summed E-state index contributed by atoms with van der Waals surface area (Å²) in [7, 11) is 0. The maximum absolute atomic E-state index is 12.9. The third-order valence-electron chi connectivity index (χ3n) is 4.68. The first-order valence-electron chi connectivity index (χ1n) is 7.97. The second kappa shape index (κ2) is 5.18. The van der Waals surface area contributed by atoms with Gasteiger partial charge in [-0.05, 0) is 57.9 Å². The zero-order valence-electron chi connectivity index (χ0n) is 14.4. The molecule has 1 amide bonds. The van der Waals surface area contributed by atoms with E-state index in [4.69, 9.17) is 0 Å². The molecule has 1 unspecified atom stereocenters. The Hall–Kier alpha value is -2.17. The largest absolute Gasteiger partial charge is 0.337 e. The van der Waals surface area contributed by atoms with Crippen molar-refractivity contribution in [2.45, 2.75) is 46.6 Å². The predicted octanol–water partition coefficient (Wildman–Crippen LogP) is 2.94. The van der Waals surface area contributed by atoms with E-state index in [-0.39, 0.29) is 29.7 Å². The number of nitrogens with zero attached hydrogens (tertiary/aromatic N) is 3. The number of amides is 1. The normalized spacial score (nSPS) is 18.9. The fraction of sp³-hybridized carbons (Fsp3) is 0.500. The molecule has 1 aliphatic heterocycles. The number of likely N-dealkylation sites (tertiary alicyclic amines) is 1. The van der Waals surface area contributed by atoms with E-state index >= 15 is 0 Å². The van der Waals surface area contributed by atoms with Crippen molar-refractivity contribution in [3.8, 4) is 0 Å². The van der Waals surface area contributed by atoms with Crippen molar-refractivity contribution in [3.63, 3.8) is 0 Å².